The number of nitrogens with one attached hydrogen (secondary N) is 1. The molecule has 0 aromatic heterocycles. The fourth-order valence-corrected chi connectivity index (χ4v) is 3.43. The fraction of sp³-hybridized carbons (Fsp3) is 0.647. The molecule has 3 unspecified atom stereocenters. The van der Waals surface area contributed by atoms with Gasteiger partial charge in [-0.15, -0.1) is 0 Å². The normalized spacial score (nSPS) is 27.2. The molecule has 112 valence electrons. The molecule has 1 aromatic rings. The van der Waals surface area contributed by atoms with Crippen molar-refractivity contribution in [3.05, 3.63) is 35.9 Å². The van der Waals surface area contributed by atoms with E-state index >= 15 is 0 Å². The summed E-state index contributed by atoms with van der Waals surface area (Å²) in [6.07, 6.45) is 2.02. The zero-order chi connectivity index (χ0) is 14.6. The molecule has 0 saturated carbocycles. The van der Waals surface area contributed by atoms with Crippen LogP contribution in [-0.2, 0) is 0 Å². The minimum atomic E-state index is -0.514. The van der Waals surface area contributed by atoms with E-state index < -0.39 is 5.60 Å². The van der Waals surface area contributed by atoms with E-state index in [4.69, 9.17) is 0 Å². The van der Waals surface area contributed by atoms with Gasteiger partial charge in [0.1, 0.15) is 0 Å². The summed E-state index contributed by atoms with van der Waals surface area (Å²) in [5.74, 6) is 0.510. The third-order valence-corrected chi connectivity index (χ3v) is 4.34. The number of hydrogen-bond acceptors (Lipinski definition) is 3. The molecule has 20 heavy (non-hydrogen) atoms. The van der Waals surface area contributed by atoms with Crippen LogP contribution in [0.3, 0.4) is 0 Å². The van der Waals surface area contributed by atoms with Gasteiger partial charge in [0.2, 0.25) is 0 Å². The predicted molar refractivity (Wildman–Crippen MR) is 83.7 cm³/mol. The second-order valence-electron chi connectivity index (χ2n) is 6.49. The van der Waals surface area contributed by atoms with Crippen LogP contribution in [0.4, 0.5) is 0 Å². The van der Waals surface area contributed by atoms with Crippen LogP contribution in [-0.4, -0.2) is 42.3 Å². The van der Waals surface area contributed by atoms with Crippen molar-refractivity contribution in [2.45, 2.75) is 38.3 Å². The van der Waals surface area contributed by atoms with Crippen molar-refractivity contribution >= 4 is 0 Å². The van der Waals surface area contributed by atoms with Crippen molar-refractivity contribution in [3.8, 4) is 0 Å². The Balaban J connectivity index is 1.97. The van der Waals surface area contributed by atoms with E-state index in [1.807, 2.05) is 14.0 Å². The van der Waals surface area contributed by atoms with Crippen LogP contribution in [0, 0.1) is 5.92 Å². The van der Waals surface area contributed by atoms with E-state index in [2.05, 4.69) is 47.5 Å². The van der Waals surface area contributed by atoms with Gasteiger partial charge in [0, 0.05) is 19.1 Å². The Morgan fingerprint density at radius 2 is 2.05 bits per heavy atom. The molecule has 3 heteroatoms. The summed E-state index contributed by atoms with van der Waals surface area (Å²) in [6, 6.07) is 11.0. The second kappa shape index (κ2) is 6.70. The lowest BCUT2D eigenvalue weighted by Crippen LogP contribution is -2.48. The highest BCUT2D eigenvalue weighted by Gasteiger charge is 2.30. The summed E-state index contributed by atoms with van der Waals surface area (Å²) in [6.45, 7) is 7.17. The third kappa shape index (κ3) is 4.05. The highest BCUT2D eigenvalue weighted by molar-refractivity contribution is 5.19. The summed E-state index contributed by atoms with van der Waals surface area (Å²) >= 11 is 0. The Labute approximate surface area is 123 Å². The molecule has 3 nitrogen and oxygen atoms in total. The van der Waals surface area contributed by atoms with Gasteiger partial charge in [-0.1, -0.05) is 37.3 Å². The van der Waals surface area contributed by atoms with Gasteiger partial charge in [-0.3, -0.25) is 0 Å². The van der Waals surface area contributed by atoms with Gasteiger partial charge < -0.3 is 15.3 Å². The number of benzene rings is 1. The number of rotatable bonds is 5. The Hall–Kier alpha value is -0.900. The molecule has 0 bridgehead atoms. The Bertz CT molecular complexity index is 405. The summed E-state index contributed by atoms with van der Waals surface area (Å²) in [5.41, 5.74) is 0.825. The maximum atomic E-state index is 10.2. The van der Waals surface area contributed by atoms with Gasteiger partial charge in [0.05, 0.1) is 5.60 Å². The molecule has 0 spiro atoms. The van der Waals surface area contributed by atoms with Gasteiger partial charge in [-0.25, -0.2) is 0 Å². The van der Waals surface area contributed by atoms with Crippen LogP contribution in [0.15, 0.2) is 30.3 Å². The standard InChI is InChI=1S/C17H28N2O/c1-14(12-19-11-7-10-17(2,20)13-19)16(18-3)15-8-5-4-6-9-15/h4-6,8-9,14,16,18,20H,7,10-13H2,1-3H3. The SMILES string of the molecule is CNC(c1ccccc1)C(C)CN1CCCC(C)(O)C1. The average Bonchev–Trinajstić information content (AvgIpc) is 2.39. The van der Waals surface area contributed by atoms with Crippen LogP contribution in [0.25, 0.3) is 0 Å². The van der Waals surface area contributed by atoms with E-state index in [9.17, 15) is 5.11 Å². The molecule has 1 aliphatic heterocycles. The third-order valence-electron chi connectivity index (χ3n) is 4.34. The molecule has 2 N–H and O–H groups in total. The van der Waals surface area contributed by atoms with Gasteiger partial charge in [0.15, 0.2) is 0 Å². The molecule has 1 heterocycles. The number of nitrogens with zero attached hydrogens (tertiary/aromatic N) is 1. The lowest BCUT2D eigenvalue weighted by Gasteiger charge is -2.39. The highest BCUT2D eigenvalue weighted by Crippen LogP contribution is 2.26. The number of likely N-dealkylation sites (tertiary alicyclic amines) is 1. The highest BCUT2D eigenvalue weighted by atomic mass is 16.3. The molecular weight excluding hydrogens is 248 g/mol. The average molecular weight is 276 g/mol. The second-order valence-corrected chi connectivity index (χ2v) is 6.49. The molecule has 1 aliphatic rings. The number of hydrogen-bond donors (Lipinski definition) is 2. The van der Waals surface area contributed by atoms with Gasteiger partial charge in [-0.2, -0.15) is 0 Å². The topological polar surface area (TPSA) is 35.5 Å². The van der Waals surface area contributed by atoms with Crippen LogP contribution in [0.1, 0.15) is 38.3 Å². The van der Waals surface area contributed by atoms with Crippen molar-refractivity contribution in [2.24, 2.45) is 5.92 Å². The van der Waals surface area contributed by atoms with E-state index in [0.29, 0.717) is 12.0 Å². The zero-order valence-corrected chi connectivity index (χ0v) is 13.0. The first kappa shape index (κ1) is 15.5. The van der Waals surface area contributed by atoms with Crippen molar-refractivity contribution in [2.75, 3.05) is 26.7 Å². The molecule has 0 radical (unpaired) electrons. The molecule has 0 amide bonds. The van der Waals surface area contributed by atoms with Crippen molar-refractivity contribution in [3.63, 3.8) is 0 Å². The van der Waals surface area contributed by atoms with E-state index in [0.717, 1.165) is 32.5 Å². The number of β-amino-alcohol motifs (C(OH)–C–C–N with tert-alkyl or cyclic N) is 1. The maximum Gasteiger partial charge on any atom is 0.0746 e. The first-order chi connectivity index (χ1) is 9.52. The fourth-order valence-electron chi connectivity index (χ4n) is 3.43. The van der Waals surface area contributed by atoms with Crippen LogP contribution >= 0.6 is 0 Å². The van der Waals surface area contributed by atoms with Gasteiger partial charge in [-0.05, 0) is 44.8 Å². The van der Waals surface area contributed by atoms with Gasteiger partial charge >= 0.3 is 0 Å². The summed E-state index contributed by atoms with van der Waals surface area (Å²) < 4.78 is 0. The molecular formula is C17H28N2O. The van der Waals surface area contributed by atoms with E-state index in [1.165, 1.54) is 5.56 Å². The molecule has 0 aliphatic carbocycles. The molecule has 1 fully saturated rings. The van der Waals surface area contributed by atoms with E-state index in [1.54, 1.807) is 0 Å². The Morgan fingerprint density at radius 1 is 1.35 bits per heavy atom. The van der Waals surface area contributed by atoms with Crippen molar-refractivity contribution in [1.29, 1.82) is 0 Å². The minimum Gasteiger partial charge on any atom is -0.389 e. The quantitative estimate of drug-likeness (QED) is 0.867. The van der Waals surface area contributed by atoms with E-state index in [-0.39, 0.29) is 0 Å². The molecule has 1 aromatic carbocycles. The summed E-state index contributed by atoms with van der Waals surface area (Å²) in [4.78, 5) is 2.40. The van der Waals surface area contributed by atoms with Gasteiger partial charge in [0.25, 0.3) is 0 Å². The smallest absolute Gasteiger partial charge is 0.0746 e. The molecule has 3 atom stereocenters. The van der Waals surface area contributed by atoms with Crippen LogP contribution < -0.4 is 5.32 Å². The van der Waals surface area contributed by atoms with Crippen LogP contribution in [0.2, 0.25) is 0 Å². The lowest BCUT2D eigenvalue weighted by atomic mass is 9.91. The minimum absolute atomic E-state index is 0.364. The predicted octanol–water partition coefficient (Wildman–Crippen LogP) is 2.43. The van der Waals surface area contributed by atoms with Crippen molar-refractivity contribution in [1.82, 2.24) is 10.2 Å². The first-order valence-electron chi connectivity index (χ1n) is 7.69. The summed E-state index contributed by atoms with van der Waals surface area (Å²) in [5, 5.41) is 13.7. The van der Waals surface area contributed by atoms with Crippen LogP contribution in [0.5, 0.6) is 0 Å². The summed E-state index contributed by atoms with van der Waals surface area (Å²) in [7, 11) is 2.03. The number of aliphatic hydroxyl groups is 1. The maximum absolute atomic E-state index is 10.2. The monoisotopic (exact) mass is 276 g/mol. The Kier molecular flexibility index (Phi) is 5.19. The lowest BCUT2D eigenvalue weighted by molar-refractivity contribution is -0.0205. The first-order valence-corrected chi connectivity index (χ1v) is 7.69. The Morgan fingerprint density at radius 3 is 2.65 bits per heavy atom. The van der Waals surface area contributed by atoms with Crippen molar-refractivity contribution < 1.29 is 5.11 Å². The number of piperidine rings is 1. The largest absolute Gasteiger partial charge is 0.389 e. The molecule has 2 rings (SSSR count). The molecule has 1 saturated heterocycles. The zero-order valence-electron chi connectivity index (χ0n) is 13.0.